The van der Waals surface area contributed by atoms with E-state index in [0.717, 1.165) is 23.1 Å². The Morgan fingerprint density at radius 1 is 1.07 bits per heavy atom. The number of likely N-dealkylation sites (N-methyl/N-ethyl adjacent to an activating group) is 1. The number of methoxy groups -OCH3 is 2. The van der Waals surface area contributed by atoms with E-state index >= 15 is 4.39 Å². The molecule has 1 aromatic heterocycles. The molecule has 0 aliphatic carbocycles. The van der Waals surface area contributed by atoms with Crippen molar-refractivity contribution in [2.45, 2.75) is 12.8 Å². The monoisotopic (exact) mass is 616 g/mol. The fraction of sp³-hybridized carbons (Fsp3) is 0.241. The lowest BCUT2D eigenvalue weighted by Gasteiger charge is -2.28. The highest BCUT2D eigenvalue weighted by molar-refractivity contribution is 5.99. The van der Waals surface area contributed by atoms with Crippen LogP contribution in [0.5, 0.6) is 17.2 Å². The molecule has 0 unspecified atom stereocenters. The van der Waals surface area contributed by atoms with Crippen LogP contribution in [0.2, 0.25) is 0 Å². The number of amides is 2. The third-order valence-corrected chi connectivity index (χ3v) is 6.46. The number of hydrogen-bond donors (Lipinski definition) is 2. The zero-order valence-electron chi connectivity index (χ0n) is 24.0. The summed E-state index contributed by atoms with van der Waals surface area (Å²) >= 11 is 0. The zero-order chi connectivity index (χ0) is 32.0. The van der Waals surface area contributed by atoms with Crippen LogP contribution in [-0.2, 0) is 22.4 Å². The highest BCUT2D eigenvalue weighted by atomic mass is 19.4. The third kappa shape index (κ3) is 6.99. The van der Waals surface area contributed by atoms with E-state index in [2.05, 4.69) is 20.5 Å². The second-order valence-corrected chi connectivity index (χ2v) is 9.42. The van der Waals surface area contributed by atoms with Crippen molar-refractivity contribution in [3.05, 3.63) is 72.1 Å². The molecule has 2 amide bonds. The number of H-pyrrole nitrogens is 1. The molecule has 0 atom stereocenters. The Balaban J connectivity index is 1.79. The lowest BCUT2D eigenvalue weighted by Crippen LogP contribution is -2.32. The van der Waals surface area contributed by atoms with Gasteiger partial charge in [-0.15, -0.1) is 0 Å². The Kier molecular flexibility index (Phi) is 9.56. The predicted molar refractivity (Wildman–Crippen MR) is 153 cm³/mol. The third-order valence-electron chi connectivity index (χ3n) is 6.46. The normalized spacial score (nSPS) is 11.1. The molecule has 0 saturated carbocycles. The summed E-state index contributed by atoms with van der Waals surface area (Å²) in [5.41, 5.74) is -1.07. The second kappa shape index (κ2) is 13.3. The molecule has 0 saturated heterocycles. The molecule has 0 bridgehead atoms. The molecule has 0 radical (unpaired) electrons. The number of hydrogen-bond acceptors (Lipinski definition) is 8. The van der Waals surface area contributed by atoms with E-state index in [4.69, 9.17) is 14.2 Å². The molecule has 11 nitrogen and oxygen atoms in total. The standard InChI is InChI=1S/C29H28F4N6O5/c1-38(13-26(41)36-21-7-5-6-8-23(21)42-3)22-12-18(29(31,32)33)11-19(27(22)39(2)16-40)17-9-20(30)28(24(10-17)43-4)44-14-25-34-15-35-37-25/h5-12,15-16H,13-14H2,1-4H3,(H,36,41)(H,34,35,37). The van der Waals surface area contributed by atoms with Crippen molar-refractivity contribution in [1.82, 2.24) is 15.2 Å². The molecule has 3 aromatic carbocycles. The minimum Gasteiger partial charge on any atom is -0.495 e. The van der Waals surface area contributed by atoms with Crippen LogP contribution in [0.25, 0.3) is 11.1 Å². The minimum atomic E-state index is -4.83. The number of carbonyl (C=O) groups is 2. The summed E-state index contributed by atoms with van der Waals surface area (Å²) < 4.78 is 74.0. The number of halogens is 4. The van der Waals surface area contributed by atoms with Crippen molar-refractivity contribution < 1.29 is 41.4 Å². The number of aromatic amines is 1. The number of para-hydroxylation sites is 2. The SMILES string of the molecule is COc1ccccc1NC(=O)CN(C)c1cc(C(F)(F)F)cc(-c2cc(F)c(OCc3ncn[nH]3)c(OC)c2)c1N(C)C=O. The first kappa shape index (κ1) is 31.6. The van der Waals surface area contributed by atoms with Crippen LogP contribution in [0.3, 0.4) is 0 Å². The average molecular weight is 617 g/mol. The Morgan fingerprint density at radius 2 is 1.80 bits per heavy atom. The maximum absolute atomic E-state index is 15.4. The smallest absolute Gasteiger partial charge is 0.416 e. The van der Waals surface area contributed by atoms with Gasteiger partial charge in [0.25, 0.3) is 0 Å². The van der Waals surface area contributed by atoms with E-state index in [9.17, 15) is 22.8 Å². The Hall–Kier alpha value is -5.34. The van der Waals surface area contributed by atoms with Crippen LogP contribution in [0.1, 0.15) is 11.4 Å². The molecule has 0 fully saturated rings. The lowest BCUT2D eigenvalue weighted by atomic mass is 9.97. The van der Waals surface area contributed by atoms with Gasteiger partial charge in [0.2, 0.25) is 12.3 Å². The van der Waals surface area contributed by atoms with Gasteiger partial charge in [0.1, 0.15) is 18.7 Å². The lowest BCUT2D eigenvalue weighted by molar-refractivity contribution is -0.137. The first-order chi connectivity index (χ1) is 21.0. The van der Waals surface area contributed by atoms with Gasteiger partial charge in [0.05, 0.1) is 43.4 Å². The van der Waals surface area contributed by atoms with E-state index < -0.39 is 30.0 Å². The summed E-state index contributed by atoms with van der Waals surface area (Å²) in [7, 11) is 5.39. The van der Waals surface area contributed by atoms with Gasteiger partial charge in [-0.2, -0.15) is 18.3 Å². The van der Waals surface area contributed by atoms with Gasteiger partial charge in [-0.05, 0) is 42.0 Å². The largest absolute Gasteiger partial charge is 0.495 e. The number of aromatic nitrogens is 3. The molecular weight excluding hydrogens is 588 g/mol. The number of benzene rings is 3. The number of nitrogens with one attached hydrogen (secondary N) is 2. The van der Waals surface area contributed by atoms with E-state index in [-0.39, 0.29) is 40.6 Å². The molecular formula is C29H28F4N6O5. The summed E-state index contributed by atoms with van der Waals surface area (Å²) in [6.07, 6.45) is -3.20. The van der Waals surface area contributed by atoms with Crippen molar-refractivity contribution in [3.8, 4) is 28.4 Å². The minimum absolute atomic E-state index is 0.0163. The molecule has 15 heteroatoms. The molecule has 0 aliphatic heterocycles. The number of rotatable bonds is 12. The maximum Gasteiger partial charge on any atom is 0.416 e. The van der Waals surface area contributed by atoms with E-state index in [1.807, 2.05) is 0 Å². The maximum atomic E-state index is 15.4. The van der Waals surface area contributed by atoms with Crippen LogP contribution in [-0.4, -0.2) is 62.4 Å². The fourth-order valence-electron chi connectivity index (χ4n) is 4.41. The first-order valence-electron chi connectivity index (χ1n) is 12.9. The second-order valence-electron chi connectivity index (χ2n) is 9.42. The van der Waals surface area contributed by atoms with Crippen LogP contribution >= 0.6 is 0 Å². The number of nitrogens with zero attached hydrogens (tertiary/aromatic N) is 4. The van der Waals surface area contributed by atoms with Crippen LogP contribution < -0.4 is 29.3 Å². The predicted octanol–water partition coefficient (Wildman–Crippen LogP) is 4.89. The van der Waals surface area contributed by atoms with Crippen LogP contribution in [0, 0.1) is 5.82 Å². The van der Waals surface area contributed by atoms with Crippen LogP contribution in [0.15, 0.2) is 54.9 Å². The zero-order valence-corrected chi connectivity index (χ0v) is 24.0. The van der Waals surface area contributed by atoms with Crippen molar-refractivity contribution >= 4 is 29.4 Å². The number of alkyl halides is 3. The van der Waals surface area contributed by atoms with Crippen molar-refractivity contribution in [1.29, 1.82) is 0 Å². The van der Waals surface area contributed by atoms with Gasteiger partial charge in [0, 0.05) is 19.7 Å². The highest BCUT2D eigenvalue weighted by Gasteiger charge is 2.34. The molecule has 0 spiro atoms. The Labute approximate surface area is 249 Å². The summed E-state index contributed by atoms with van der Waals surface area (Å²) in [4.78, 5) is 31.1. The van der Waals surface area contributed by atoms with Gasteiger partial charge in [-0.3, -0.25) is 14.7 Å². The van der Waals surface area contributed by atoms with Gasteiger partial charge >= 0.3 is 6.18 Å². The fourth-order valence-corrected chi connectivity index (χ4v) is 4.41. The van der Waals surface area contributed by atoms with Gasteiger partial charge in [-0.1, -0.05) is 12.1 Å². The van der Waals surface area contributed by atoms with Gasteiger partial charge < -0.3 is 29.3 Å². The quantitative estimate of drug-likeness (QED) is 0.171. The van der Waals surface area contributed by atoms with E-state index in [1.165, 1.54) is 45.6 Å². The summed E-state index contributed by atoms with van der Waals surface area (Å²) in [6.45, 7) is -0.605. The van der Waals surface area contributed by atoms with Crippen LogP contribution in [0.4, 0.5) is 34.6 Å². The molecule has 4 aromatic rings. The summed E-state index contributed by atoms with van der Waals surface area (Å²) in [5.74, 6) is -1.27. The topological polar surface area (TPSA) is 122 Å². The average Bonchev–Trinajstić information content (AvgIpc) is 3.52. The molecule has 0 aliphatic rings. The van der Waals surface area contributed by atoms with E-state index in [0.29, 0.717) is 23.7 Å². The number of anilines is 3. The number of carbonyl (C=O) groups excluding carboxylic acids is 2. The molecule has 1 heterocycles. The Morgan fingerprint density at radius 3 is 2.43 bits per heavy atom. The summed E-state index contributed by atoms with van der Waals surface area (Å²) in [5, 5.41) is 8.91. The van der Waals surface area contributed by atoms with Crippen molar-refractivity contribution in [3.63, 3.8) is 0 Å². The first-order valence-corrected chi connectivity index (χ1v) is 12.9. The van der Waals surface area contributed by atoms with Crippen molar-refractivity contribution in [2.75, 3.05) is 50.0 Å². The van der Waals surface area contributed by atoms with Gasteiger partial charge in [0.15, 0.2) is 23.1 Å². The van der Waals surface area contributed by atoms with Crippen molar-refractivity contribution in [2.24, 2.45) is 0 Å². The molecule has 44 heavy (non-hydrogen) atoms. The van der Waals surface area contributed by atoms with Gasteiger partial charge in [-0.25, -0.2) is 9.37 Å². The highest BCUT2D eigenvalue weighted by Crippen LogP contribution is 2.46. The summed E-state index contributed by atoms with van der Waals surface area (Å²) in [6, 6.07) is 10.5. The Bertz CT molecular complexity index is 1630. The molecule has 4 rings (SSSR count). The molecule has 2 N–H and O–H groups in total. The molecule has 232 valence electrons. The number of ether oxygens (including phenoxy) is 3. The van der Waals surface area contributed by atoms with E-state index in [1.54, 1.807) is 24.3 Å².